The number of hydrogen-bond acceptors (Lipinski definition) is 5. The highest BCUT2D eigenvalue weighted by Crippen LogP contribution is 2.38. The number of halogens is 3. The maximum atomic E-state index is 13.7. The van der Waals surface area contributed by atoms with Crippen molar-refractivity contribution in [1.29, 1.82) is 0 Å². The standard InChI is InChI=1S/C30H31F3N2O4/c1-3-35(29(37)22-10-11-22)18-23-16-24(30(31,32)33)12-13-25(23)26-14-21(15-27(36)38-4-2)17-34-28(26)39-19-20-8-6-5-7-9-20/h5-9,12-14,16-17,22H,3-4,10-11,15,18-19H2,1-2H3. The minimum absolute atomic E-state index is 0.00527. The first kappa shape index (κ1) is 28.1. The summed E-state index contributed by atoms with van der Waals surface area (Å²) in [6, 6.07) is 14.6. The summed E-state index contributed by atoms with van der Waals surface area (Å²) in [5, 5.41) is 0. The van der Waals surface area contributed by atoms with Gasteiger partial charge in [-0.2, -0.15) is 13.2 Å². The molecule has 0 atom stereocenters. The van der Waals surface area contributed by atoms with Crippen LogP contribution in [-0.4, -0.2) is 34.9 Å². The topological polar surface area (TPSA) is 68.7 Å². The summed E-state index contributed by atoms with van der Waals surface area (Å²) >= 11 is 0. The Bertz CT molecular complexity index is 1310. The van der Waals surface area contributed by atoms with Crippen molar-refractivity contribution in [3.8, 4) is 17.0 Å². The Labute approximate surface area is 225 Å². The monoisotopic (exact) mass is 540 g/mol. The minimum Gasteiger partial charge on any atom is -0.472 e. The van der Waals surface area contributed by atoms with Crippen LogP contribution in [-0.2, 0) is 40.1 Å². The predicted molar refractivity (Wildman–Crippen MR) is 140 cm³/mol. The summed E-state index contributed by atoms with van der Waals surface area (Å²) in [5.41, 5.74) is 1.82. The quantitative estimate of drug-likeness (QED) is 0.271. The van der Waals surface area contributed by atoms with E-state index >= 15 is 0 Å². The number of pyridine rings is 1. The molecule has 0 radical (unpaired) electrons. The molecule has 1 amide bonds. The summed E-state index contributed by atoms with van der Waals surface area (Å²) in [4.78, 5) is 31.0. The Balaban J connectivity index is 1.77. The third-order valence-electron chi connectivity index (χ3n) is 6.48. The van der Waals surface area contributed by atoms with E-state index in [2.05, 4.69) is 4.98 Å². The maximum Gasteiger partial charge on any atom is 0.416 e. The second kappa shape index (κ2) is 12.3. The SMILES string of the molecule is CCOC(=O)Cc1cnc(OCc2ccccc2)c(-c2ccc(C(F)(F)F)cc2CN(CC)C(=O)C2CC2)c1. The normalized spacial score (nSPS) is 13.2. The van der Waals surface area contributed by atoms with E-state index in [0.29, 0.717) is 28.8 Å². The number of benzene rings is 2. The van der Waals surface area contributed by atoms with Crippen molar-refractivity contribution in [2.75, 3.05) is 13.2 Å². The number of ether oxygens (including phenoxy) is 2. The zero-order chi connectivity index (χ0) is 28.0. The molecule has 3 aromatic rings. The molecule has 1 saturated carbocycles. The van der Waals surface area contributed by atoms with E-state index < -0.39 is 17.7 Å². The molecule has 0 spiro atoms. The Morgan fingerprint density at radius 2 is 1.74 bits per heavy atom. The van der Waals surface area contributed by atoms with E-state index in [1.807, 2.05) is 37.3 Å². The number of aromatic nitrogens is 1. The lowest BCUT2D eigenvalue weighted by atomic mass is 9.96. The van der Waals surface area contributed by atoms with Crippen LogP contribution in [0.2, 0.25) is 0 Å². The van der Waals surface area contributed by atoms with Crippen molar-refractivity contribution in [3.63, 3.8) is 0 Å². The van der Waals surface area contributed by atoms with Gasteiger partial charge in [0.15, 0.2) is 0 Å². The molecule has 0 saturated heterocycles. The molecule has 9 heteroatoms. The first-order valence-electron chi connectivity index (χ1n) is 13.0. The van der Waals surface area contributed by atoms with Gasteiger partial charge < -0.3 is 14.4 Å². The van der Waals surface area contributed by atoms with Crippen molar-refractivity contribution in [3.05, 3.63) is 83.0 Å². The fourth-order valence-corrected chi connectivity index (χ4v) is 4.31. The van der Waals surface area contributed by atoms with Crippen LogP contribution < -0.4 is 4.74 Å². The van der Waals surface area contributed by atoms with E-state index in [9.17, 15) is 22.8 Å². The number of nitrogens with zero attached hydrogens (tertiary/aromatic N) is 2. The van der Waals surface area contributed by atoms with Crippen LogP contribution in [0.3, 0.4) is 0 Å². The lowest BCUT2D eigenvalue weighted by molar-refractivity contribution is -0.142. The van der Waals surface area contributed by atoms with Gasteiger partial charge in [0, 0.05) is 30.8 Å². The van der Waals surface area contributed by atoms with Gasteiger partial charge in [0.05, 0.1) is 18.6 Å². The lowest BCUT2D eigenvalue weighted by Crippen LogP contribution is -2.31. The van der Waals surface area contributed by atoms with Crippen molar-refractivity contribution < 1.29 is 32.2 Å². The van der Waals surface area contributed by atoms with Gasteiger partial charge in [0.2, 0.25) is 11.8 Å². The van der Waals surface area contributed by atoms with Crippen molar-refractivity contribution in [2.24, 2.45) is 5.92 Å². The predicted octanol–water partition coefficient (Wildman–Crippen LogP) is 6.21. The Kier molecular flexibility index (Phi) is 8.89. The second-order valence-electron chi connectivity index (χ2n) is 9.45. The Morgan fingerprint density at radius 3 is 2.38 bits per heavy atom. The van der Waals surface area contributed by atoms with Gasteiger partial charge in [-0.05, 0) is 67.1 Å². The fourth-order valence-electron chi connectivity index (χ4n) is 4.31. The van der Waals surface area contributed by atoms with Crippen LogP contribution in [0.15, 0.2) is 60.8 Å². The molecule has 0 unspecified atom stereocenters. The fraction of sp³-hybridized carbons (Fsp3) is 0.367. The van der Waals surface area contributed by atoms with Crippen LogP contribution in [0.25, 0.3) is 11.1 Å². The molecule has 1 aliphatic rings. The van der Waals surface area contributed by atoms with Crippen LogP contribution in [0.4, 0.5) is 13.2 Å². The molecule has 2 aromatic carbocycles. The lowest BCUT2D eigenvalue weighted by Gasteiger charge is -2.24. The number of rotatable bonds is 11. The summed E-state index contributed by atoms with van der Waals surface area (Å²) in [5.74, 6) is -0.360. The van der Waals surface area contributed by atoms with Crippen molar-refractivity contribution in [2.45, 2.75) is 52.4 Å². The first-order valence-corrected chi connectivity index (χ1v) is 13.0. The zero-order valence-corrected chi connectivity index (χ0v) is 22.0. The summed E-state index contributed by atoms with van der Waals surface area (Å²) in [6.07, 6.45) is -1.52. The van der Waals surface area contributed by atoms with Gasteiger partial charge in [-0.25, -0.2) is 4.98 Å². The molecule has 6 nitrogen and oxygen atoms in total. The average Bonchev–Trinajstić information content (AvgIpc) is 3.76. The van der Waals surface area contributed by atoms with E-state index in [1.165, 1.54) is 12.3 Å². The van der Waals surface area contributed by atoms with Gasteiger partial charge in [0.1, 0.15) is 6.61 Å². The van der Waals surface area contributed by atoms with Crippen LogP contribution >= 0.6 is 0 Å². The van der Waals surface area contributed by atoms with E-state index in [0.717, 1.165) is 30.5 Å². The zero-order valence-electron chi connectivity index (χ0n) is 22.0. The number of carbonyl (C=O) groups is 2. The van der Waals surface area contributed by atoms with Crippen LogP contribution in [0.1, 0.15) is 48.9 Å². The van der Waals surface area contributed by atoms with Gasteiger partial charge in [-0.1, -0.05) is 36.4 Å². The average molecular weight is 541 g/mol. The van der Waals surface area contributed by atoms with Crippen molar-refractivity contribution >= 4 is 11.9 Å². The molecule has 206 valence electrons. The molecular formula is C30H31F3N2O4. The van der Waals surface area contributed by atoms with Crippen LogP contribution in [0.5, 0.6) is 5.88 Å². The maximum absolute atomic E-state index is 13.7. The highest BCUT2D eigenvalue weighted by atomic mass is 19.4. The molecule has 4 rings (SSSR count). The number of amides is 1. The molecular weight excluding hydrogens is 509 g/mol. The smallest absolute Gasteiger partial charge is 0.416 e. The second-order valence-corrected chi connectivity index (χ2v) is 9.45. The summed E-state index contributed by atoms with van der Waals surface area (Å²) in [7, 11) is 0. The summed E-state index contributed by atoms with van der Waals surface area (Å²) in [6.45, 7) is 4.30. The molecule has 0 aliphatic heterocycles. The van der Waals surface area contributed by atoms with E-state index in [4.69, 9.17) is 9.47 Å². The van der Waals surface area contributed by atoms with E-state index in [-0.39, 0.29) is 43.9 Å². The molecule has 39 heavy (non-hydrogen) atoms. The Hall–Kier alpha value is -3.88. The minimum atomic E-state index is -4.55. The molecule has 1 aliphatic carbocycles. The molecule has 1 aromatic heterocycles. The number of alkyl halides is 3. The van der Waals surface area contributed by atoms with Gasteiger partial charge in [0.25, 0.3) is 0 Å². The third-order valence-corrected chi connectivity index (χ3v) is 6.48. The number of carbonyl (C=O) groups excluding carboxylic acids is 2. The highest BCUT2D eigenvalue weighted by molar-refractivity contribution is 5.82. The van der Waals surface area contributed by atoms with Gasteiger partial charge >= 0.3 is 12.1 Å². The molecule has 0 bridgehead atoms. The molecule has 0 N–H and O–H groups in total. The van der Waals surface area contributed by atoms with Gasteiger partial charge in [-0.15, -0.1) is 0 Å². The molecule has 1 heterocycles. The number of esters is 1. The summed E-state index contributed by atoms with van der Waals surface area (Å²) < 4.78 is 52.2. The van der Waals surface area contributed by atoms with E-state index in [1.54, 1.807) is 17.9 Å². The van der Waals surface area contributed by atoms with Crippen LogP contribution in [0, 0.1) is 5.92 Å². The first-order chi connectivity index (χ1) is 18.7. The number of hydrogen-bond donors (Lipinski definition) is 0. The third kappa shape index (κ3) is 7.37. The van der Waals surface area contributed by atoms with Gasteiger partial charge in [-0.3, -0.25) is 9.59 Å². The largest absolute Gasteiger partial charge is 0.472 e. The highest BCUT2D eigenvalue weighted by Gasteiger charge is 2.35. The molecule has 1 fully saturated rings. The Morgan fingerprint density at radius 1 is 1.00 bits per heavy atom. The van der Waals surface area contributed by atoms with Crippen molar-refractivity contribution in [1.82, 2.24) is 9.88 Å².